The van der Waals surface area contributed by atoms with Gasteiger partial charge in [-0.1, -0.05) is 0 Å². The number of nitrogens with one attached hydrogen (secondary N) is 2. The molecule has 0 amide bonds. The molecule has 2 heterocycles. The zero-order chi connectivity index (χ0) is 11.4. The van der Waals surface area contributed by atoms with Crippen LogP contribution in [0.1, 0.15) is 31.3 Å². The summed E-state index contributed by atoms with van der Waals surface area (Å²) in [6, 6.07) is 0.666. The molecule has 1 atom stereocenters. The summed E-state index contributed by atoms with van der Waals surface area (Å²) in [5, 5.41) is 7.00. The summed E-state index contributed by atoms with van der Waals surface area (Å²) in [4.78, 5) is 4.35. The lowest BCUT2D eigenvalue weighted by molar-refractivity contribution is 0.523. The number of nitrogens with zero attached hydrogens (tertiary/aromatic N) is 2. The summed E-state index contributed by atoms with van der Waals surface area (Å²) in [5.41, 5.74) is 1.29. The van der Waals surface area contributed by atoms with Crippen molar-refractivity contribution in [3.63, 3.8) is 0 Å². The van der Waals surface area contributed by atoms with Crippen molar-refractivity contribution in [3.05, 3.63) is 17.7 Å². The molecule has 1 aliphatic heterocycles. The van der Waals surface area contributed by atoms with Gasteiger partial charge in [0.1, 0.15) is 5.82 Å². The minimum absolute atomic E-state index is 0.666. The summed E-state index contributed by atoms with van der Waals surface area (Å²) < 4.78 is 2.26. The van der Waals surface area contributed by atoms with Crippen LogP contribution in [-0.2, 0) is 13.1 Å². The van der Waals surface area contributed by atoms with E-state index in [4.69, 9.17) is 0 Å². The van der Waals surface area contributed by atoms with E-state index in [1.807, 2.05) is 6.20 Å². The van der Waals surface area contributed by atoms with Crippen LogP contribution >= 0.6 is 0 Å². The molecule has 4 nitrogen and oxygen atoms in total. The monoisotopic (exact) mass is 222 g/mol. The first-order valence-corrected chi connectivity index (χ1v) is 6.26. The van der Waals surface area contributed by atoms with Gasteiger partial charge in [-0.3, -0.25) is 0 Å². The lowest BCUT2D eigenvalue weighted by atomic mass is 10.2. The second-order valence-corrected chi connectivity index (χ2v) is 4.47. The summed E-state index contributed by atoms with van der Waals surface area (Å²) in [6.07, 6.45) is 4.60. The Balaban J connectivity index is 1.79. The van der Waals surface area contributed by atoms with E-state index in [-0.39, 0.29) is 0 Å². The van der Waals surface area contributed by atoms with Crippen LogP contribution in [0.2, 0.25) is 0 Å². The van der Waals surface area contributed by atoms with Crippen molar-refractivity contribution in [3.8, 4) is 0 Å². The van der Waals surface area contributed by atoms with Crippen LogP contribution in [0, 0.1) is 6.92 Å². The molecular formula is C12H22N4. The molecule has 2 N–H and O–H groups in total. The SMILES string of the molecule is CCn1c(CNC[C@@H]2CCCN2)cnc1C. The van der Waals surface area contributed by atoms with Gasteiger partial charge in [-0.2, -0.15) is 0 Å². The van der Waals surface area contributed by atoms with E-state index in [0.717, 1.165) is 25.5 Å². The number of imidazole rings is 1. The number of rotatable bonds is 5. The van der Waals surface area contributed by atoms with Gasteiger partial charge in [-0.15, -0.1) is 0 Å². The summed E-state index contributed by atoms with van der Waals surface area (Å²) >= 11 is 0. The minimum Gasteiger partial charge on any atom is -0.331 e. The second kappa shape index (κ2) is 5.46. The molecule has 1 aliphatic rings. The topological polar surface area (TPSA) is 41.9 Å². The lowest BCUT2D eigenvalue weighted by Crippen LogP contribution is -2.33. The van der Waals surface area contributed by atoms with Gasteiger partial charge in [0.15, 0.2) is 0 Å². The van der Waals surface area contributed by atoms with Crippen molar-refractivity contribution < 1.29 is 0 Å². The Hall–Kier alpha value is -0.870. The summed E-state index contributed by atoms with van der Waals surface area (Å²) in [6.45, 7) is 8.39. The third kappa shape index (κ3) is 2.62. The molecule has 0 saturated carbocycles. The first-order valence-electron chi connectivity index (χ1n) is 6.26. The van der Waals surface area contributed by atoms with E-state index in [9.17, 15) is 0 Å². The van der Waals surface area contributed by atoms with E-state index in [0.29, 0.717) is 6.04 Å². The Morgan fingerprint density at radius 1 is 1.62 bits per heavy atom. The van der Waals surface area contributed by atoms with Gasteiger partial charge in [0.05, 0.1) is 5.69 Å². The average molecular weight is 222 g/mol. The molecule has 16 heavy (non-hydrogen) atoms. The normalized spacial score (nSPS) is 20.5. The third-order valence-corrected chi connectivity index (χ3v) is 3.31. The Morgan fingerprint density at radius 2 is 2.50 bits per heavy atom. The van der Waals surface area contributed by atoms with Gasteiger partial charge >= 0.3 is 0 Å². The molecule has 1 fully saturated rings. The zero-order valence-corrected chi connectivity index (χ0v) is 10.3. The molecule has 0 spiro atoms. The number of aryl methyl sites for hydroxylation is 1. The maximum Gasteiger partial charge on any atom is 0.105 e. The van der Waals surface area contributed by atoms with Gasteiger partial charge in [-0.25, -0.2) is 4.98 Å². The molecule has 0 bridgehead atoms. The van der Waals surface area contributed by atoms with Gasteiger partial charge in [0, 0.05) is 31.9 Å². The zero-order valence-electron chi connectivity index (χ0n) is 10.3. The van der Waals surface area contributed by atoms with Crippen molar-refractivity contribution in [2.75, 3.05) is 13.1 Å². The Kier molecular flexibility index (Phi) is 3.96. The molecule has 1 aromatic heterocycles. The Labute approximate surface area is 97.4 Å². The highest BCUT2D eigenvalue weighted by molar-refractivity contribution is 5.04. The van der Waals surface area contributed by atoms with Crippen LogP contribution in [0.5, 0.6) is 0 Å². The maximum atomic E-state index is 4.35. The van der Waals surface area contributed by atoms with Crippen LogP contribution < -0.4 is 10.6 Å². The molecule has 4 heteroatoms. The van der Waals surface area contributed by atoms with E-state index in [1.54, 1.807) is 0 Å². The molecule has 0 aromatic carbocycles. The first kappa shape index (κ1) is 11.6. The van der Waals surface area contributed by atoms with Crippen molar-refractivity contribution in [1.82, 2.24) is 20.2 Å². The Morgan fingerprint density at radius 3 is 3.19 bits per heavy atom. The predicted molar refractivity (Wildman–Crippen MR) is 65.4 cm³/mol. The molecule has 2 rings (SSSR count). The summed E-state index contributed by atoms with van der Waals surface area (Å²) in [7, 11) is 0. The molecular weight excluding hydrogens is 200 g/mol. The summed E-state index contributed by atoms with van der Waals surface area (Å²) in [5.74, 6) is 1.11. The fourth-order valence-electron chi connectivity index (χ4n) is 2.39. The smallest absolute Gasteiger partial charge is 0.105 e. The van der Waals surface area contributed by atoms with Crippen molar-refractivity contribution in [1.29, 1.82) is 0 Å². The standard InChI is InChI=1S/C12H22N4/c1-3-16-10(2)15-9-12(16)8-13-7-11-5-4-6-14-11/h9,11,13-14H,3-8H2,1-2H3/t11-/m0/s1. The van der Waals surface area contributed by atoms with Gasteiger partial charge < -0.3 is 15.2 Å². The number of aromatic nitrogens is 2. The predicted octanol–water partition coefficient (Wildman–Crippen LogP) is 1.05. The highest BCUT2D eigenvalue weighted by Gasteiger charge is 2.13. The quantitative estimate of drug-likeness (QED) is 0.782. The van der Waals surface area contributed by atoms with Crippen molar-refractivity contribution in [2.45, 2.75) is 45.8 Å². The fraction of sp³-hybridized carbons (Fsp3) is 0.750. The highest BCUT2D eigenvalue weighted by Crippen LogP contribution is 2.06. The Bertz CT molecular complexity index is 326. The van der Waals surface area contributed by atoms with Crippen LogP contribution in [0.3, 0.4) is 0 Å². The van der Waals surface area contributed by atoms with E-state index >= 15 is 0 Å². The first-order chi connectivity index (χ1) is 7.81. The van der Waals surface area contributed by atoms with Crippen molar-refractivity contribution >= 4 is 0 Å². The number of hydrogen-bond acceptors (Lipinski definition) is 3. The van der Waals surface area contributed by atoms with Crippen LogP contribution in [0.15, 0.2) is 6.20 Å². The largest absolute Gasteiger partial charge is 0.331 e. The molecule has 0 aliphatic carbocycles. The van der Waals surface area contributed by atoms with E-state index in [2.05, 4.69) is 34.0 Å². The van der Waals surface area contributed by atoms with Crippen LogP contribution in [0.4, 0.5) is 0 Å². The maximum absolute atomic E-state index is 4.35. The third-order valence-electron chi connectivity index (χ3n) is 3.31. The molecule has 1 saturated heterocycles. The van der Waals surface area contributed by atoms with Crippen molar-refractivity contribution in [2.24, 2.45) is 0 Å². The van der Waals surface area contributed by atoms with Gasteiger partial charge in [0.2, 0.25) is 0 Å². The van der Waals surface area contributed by atoms with Crippen LogP contribution in [-0.4, -0.2) is 28.7 Å². The van der Waals surface area contributed by atoms with Gasteiger partial charge in [-0.05, 0) is 33.2 Å². The lowest BCUT2D eigenvalue weighted by Gasteiger charge is -2.12. The van der Waals surface area contributed by atoms with E-state index < -0.39 is 0 Å². The number of hydrogen-bond donors (Lipinski definition) is 2. The molecule has 0 radical (unpaired) electrons. The highest BCUT2D eigenvalue weighted by atomic mass is 15.1. The van der Waals surface area contributed by atoms with Crippen LogP contribution in [0.25, 0.3) is 0 Å². The van der Waals surface area contributed by atoms with E-state index in [1.165, 1.54) is 25.1 Å². The molecule has 1 aromatic rings. The minimum atomic E-state index is 0.666. The fourth-order valence-corrected chi connectivity index (χ4v) is 2.39. The van der Waals surface area contributed by atoms with Gasteiger partial charge in [0.25, 0.3) is 0 Å². The second-order valence-electron chi connectivity index (χ2n) is 4.47. The average Bonchev–Trinajstić information content (AvgIpc) is 2.89. The molecule has 90 valence electrons. The molecule has 0 unspecified atom stereocenters.